The van der Waals surface area contributed by atoms with E-state index in [-0.39, 0.29) is 36.9 Å². The van der Waals surface area contributed by atoms with E-state index in [1.54, 1.807) is 47.6 Å². The summed E-state index contributed by atoms with van der Waals surface area (Å²) in [7, 11) is 8.77. The number of aromatic nitrogens is 1. The summed E-state index contributed by atoms with van der Waals surface area (Å²) < 4.78 is 50.7. The number of benzene rings is 1. The summed E-state index contributed by atoms with van der Waals surface area (Å²) in [5.74, 6) is -3.51. The zero-order valence-electron chi connectivity index (χ0n) is 44.0. The van der Waals surface area contributed by atoms with Crippen LogP contribution in [0.5, 0.6) is 11.5 Å². The van der Waals surface area contributed by atoms with Crippen LogP contribution >= 0.6 is 35.0 Å². The molecule has 1 saturated carbocycles. The molecule has 1 aromatic heterocycles. The third kappa shape index (κ3) is 12.6. The van der Waals surface area contributed by atoms with Gasteiger partial charge in [-0.15, -0.1) is 11.8 Å². The average molecular weight is 1050 g/mol. The number of hydrogen-bond donors (Lipinski definition) is 1. The van der Waals surface area contributed by atoms with Crippen molar-refractivity contribution in [1.82, 2.24) is 9.88 Å². The fourth-order valence-electron chi connectivity index (χ4n) is 11.7. The minimum Gasteiger partial charge on any atom is -0.493 e. The van der Waals surface area contributed by atoms with Gasteiger partial charge in [-0.2, -0.15) is 0 Å². The Balaban J connectivity index is 1.34. The average Bonchev–Trinajstić information content (AvgIpc) is 3.95. The van der Waals surface area contributed by atoms with E-state index in [9.17, 15) is 14.7 Å². The molecule has 1 aliphatic carbocycles. The van der Waals surface area contributed by atoms with Gasteiger partial charge in [0.15, 0.2) is 23.4 Å². The maximum Gasteiger partial charge on any atom is 0.320 e. The van der Waals surface area contributed by atoms with Gasteiger partial charge in [0.25, 0.3) is 0 Å². The van der Waals surface area contributed by atoms with Crippen molar-refractivity contribution in [2.24, 2.45) is 29.6 Å². The quantitative estimate of drug-likeness (QED) is 0.158. The molecule has 0 radical (unpaired) electrons. The van der Waals surface area contributed by atoms with Crippen molar-refractivity contribution in [3.05, 3.63) is 46.2 Å². The van der Waals surface area contributed by atoms with Gasteiger partial charge in [-0.1, -0.05) is 50.9 Å². The Kier molecular flexibility index (Phi) is 19.9. The molecule has 15 nitrogen and oxygen atoms in total. The van der Waals surface area contributed by atoms with Gasteiger partial charge in [0.1, 0.15) is 23.2 Å². The second-order valence-electron chi connectivity index (χ2n) is 20.9. The predicted molar refractivity (Wildman–Crippen MR) is 275 cm³/mol. The number of ketones is 1. The Bertz CT molecular complexity index is 2120. The highest BCUT2D eigenvalue weighted by molar-refractivity contribution is 8.00. The van der Waals surface area contributed by atoms with Crippen molar-refractivity contribution in [3.8, 4) is 11.5 Å². The predicted octanol–water partition coefficient (Wildman–Crippen LogP) is 8.83. The summed E-state index contributed by atoms with van der Waals surface area (Å²) in [6, 6.07) is 5.76. The van der Waals surface area contributed by atoms with E-state index in [1.807, 2.05) is 73.8 Å². The molecule has 15 atom stereocenters. The van der Waals surface area contributed by atoms with Crippen LogP contribution in [-0.4, -0.2) is 146 Å². The lowest BCUT2D eigenvalue weighted by atomic mass is 9.70. The van der Waals surface area contributed by atoms with E-state index in [0.717, 1.165) is 31.4 Å². The topological polar surface area (TPSA) is 165 Å². The first-order chi connectivity index (χ1) is 33.6. The van der Waals surface area contributed by atoms with Crippen molar-refractivity contribution in [2.45, 2.75) is 172 Å². The number of aliphatic hydroxyl groups is 1. The Labute approximate surface area is 435 Å². The van der Waals surface area contributed by atoms with Gasteiger partial charge in [-0.3, -0.25) is 19.4 Å². The number of fused-ring (bicyclic) bond motifs is 1. The number of hydrogen-bond acceptors (Lipinski definition) is 16. The molecule has 1 unspecified atom stereocenters. The van der Waals surface area contributed by atoms with Crippen LogP contribution in [0.2, 0.25) is 10.0 Å². The number of nitrogens with zero attached hydrogens (tertiary/aromatic N) is 3. The van der Waals surface area contributed by atoms with Crippen LogP contribution in [0.15, 0.2) is 30.6 Å². The molecule has 398 valence electrons. The van der Waals surface area contributed by atoms with Crippen LogP contribution < -0.4 is 14.4 Å². The van der Waals surface area contributed by atoms with Gasteiger partial charge in [-0.25, -0.2) is 0 Å². The molecule has 18 heteroatoms. The molecular weight excluding hydrogens is 974 g/mol. The Morgan fingerprint density at radius 3 is 2.23 bits per heavy atom. The van der Waals surface area contributed by atoms with E-state index >= 15 is 4.79 Å². The summed E-state index contributed by atoms with van der Waals surface area (Å²) in [5.41, 5.74) is -1.09. The highest BCUT2D eigenvalue weighted by Gasteiger charge is 2.61. The minimum atomic E-state index is -1.40. The molecule has 3 aliphatic heterocycles. The molecule has 6 rings (SSSR count). The standard InChI is InChI=1S/C53H79Cl2N3O12S/c1-14-42-53(8)43(47(50(62)70-53)71-22-21-58(28-36-37(54)26-56-27-38(36)55)34-19-20-40(63-11)41(24-34)67-35-17-15-16-18-35)31(4)44(59)29(2)25-52(7,65-13)48(32(5)45(60)33(6)49(61)68-42)69-51-46(64-12)39(57(9)10)23-30(3)66-51/h19-20,24,26-27,29-33,35,39,42-43,45-48,51,60H,14-18,21-23,25,28H2,1-13H3/t29-,30-,31-,32+,33-,39+,42-,43+,45+,46-,47?,48-,51+,52-,53-/m1/s1. The molecule has 2 aromatic rings. The second-order valence-corrected chi connectivity index (χ2v) is 23.0. The lowest BCUT2D eigenvalue weighted by Crippen LogP contribution is -2.60. The fraction of sp³-hybridized carbons (Fsp3) is 0.736. The molecule has 4 heterocycles. The van der Waals surface area contributed by atoms with E-state index in [0.29, 0.717) is 52.4 Å². The van der Waals surface area contributed by atoms with Gasteiger partial charge >= 0.3 is 11.9 Å². The third-order valence-electron chi connectivity index (χ3n) is 15.8. The van der Waals surface area contributed by atoms with Crippen LogP contribution in [-0.2, 0) is 49.3 Å². The van der Waals surface area contributed by atoms with E-state index < -0.39 is 88.7 Å². The van der Waals surface area contributed by atoms with Gasteiger partial charge in [0.05, 0.1) is 53.1 Å². The van der Waals surface area contributed by atoms with Crippen LogP contribution in [0.4, 0.5) is 5.69 Å². The first-order valence-corrected chi connectivity index (χ1v) is 27.1. The number of aliphatic hydroxyl groups excluding tert-OH is 1. The zero-order chi connectivity index (χ0) is 52.1. The molecular formula is C53H79Cl2N3O12S. The van der Waals surface area contributed by atoms with Crippen molar-refractivity contribution in [2.75, 3.05) is 52.6 Å². The lowest BCUT2D eigenvalue weighted by molar-refractivity contribution is -0.305. The van der Waals surface area contributed by atoms with Crippen LogP contribution in [0.3, 0.4) is 0 Å². The second kappa shape index (κ2) is 24.6. The molecule has 1 aromatic carbocycles. The van der Waals surface area contributed by atoms with Crippen molar-refractivity contribution >= 4 is 58.4 Å². The molecule has 3 saturated heterocycles. The van der Waals surface area contributed by atoms with Gasteiger partial charge in [0.2, 0.25) is 0 Å². The molecule has 4 fully saturated rings. The maximum atomic E-state index is 15.2. The SMILES string of the molecule is CC[C@H]1OC(=O)[C@H](C)[C@@H](O)[C@H](C)[C@@H](O[C@@H]2O[C@H](C)C[C@H](N(C)C)[C@H]2OC)[C@](C)(OC)C[C@@H](C)C(=O)[C@H](C)[C@H]2C(SCCN(Cc3c(Cl)cncc3Cl)c3ccc(OC)c(OC4CCCC4)c3)C(=O)O[C@@]21C. The normalized spacial score (nSPS) is 35.5. The number of esters is 2. The number of methoxy groups -OCH3 is 3. The number of halogens is 2. The fourth-order valence-corrected chi connectivity index (χ4v) is 13.6. The largest absolute Gasteiger partial charge is 0.493 e. The van der Waals surface area contributed by atoms with Gasteiger partial charge in [0, 0.05) is 92.5 Å². The number of carbonyl (C=O) groups excluding carboxylic acids is 3. The molecule has 0 spiro atoms. The summed E-state index contributed by atoms with van der Waals surface area (Å²) in [6.07, 6.45) is 3.84. The molecule has 4 aliphatic rings. The molecule has 1 N–H and O–H groups in total. The Morgan fingerprint density at radius 2 is 1.62 bits per heavy atom. The number of likely N-dealkylation sites (N-methyl/N-ethyl adjacent to an activating group) is 1. The Hall–Kier alpha value is -2.93. The van der Waals surface area contributed by atoms with E-state index in [4.69, 9.17) is 61.1 Å². The van der Waals surface area contributed by atoms with E-state index in [2.05, 4.69) is 14.8 Å². The van der Waals surface area contributed by atoms with Crippen molar-refractivity contribution in [1.29, 1.82) is 0 Å². The highest BCUT2D eigenvalue weighted by Crippen LogP contribution is 2.49. The summed E-state index contributed by atoms with van der Waals surface area (Å²) in [4.78, 5) is 52.4. The maximum absolute atomic E-state index is 15.2. The third-order valence-corrected chi connectivity index (χ3v) is 17.7. The first kappa shape index (κ1) is 57.4. The highest BCUT2D eigenvalue weighted by atomic mass is 35.5. The monoisotopic (exact) mass is 1050 g/mol. The number of cyclic esters (lactones) is 1. The number of rotatable bonds is 16. The number of Topliss-reactive ketones (excluding diaryl/α,β-unsaturated/α-hetero) is 1. The number of carbonyl (C=O) groups is 3. The molecule has 71 heavy (non-hydrogen) atoms. The first-order valence-electron chi connectivity index (χ1n) is 25.3. The minimum absolute atomic E-state index is 0.0448. The number of anilines is 1. The van der Waals surface area contributed by atoms with Crippen LogP contribution in [0, 0.1) is 29.6 Å². The number of pyridine rings is 1. The van der Waals surface area contributed by atoms with Gasteiger partial charge in [-0.05, 0) is 98.9 Å². The Morgan fingerprint density at radius 1 is 0.944 bits per heavy atom. The number of thioether (sulfide) groups is 1. The summed E-state index contributed by atoms with van der Waals surface area (Å²) >= 11 is 14.8. The summed E-state index contributed by atoms with van der Waals surface area (Å²) in [6.45, 7) is 15.3. The zero-order valence-corrected chi connectivity index (χ0v) is 46.3. The smallest absolute Gasteiger partial charge is 0.320 e. The molecule has 0 bridgehead atoms. The molecule has 0 amide bonds. The number of ether oxygens (including phenoxy) is 8. The van der Waals surface area contributed by atoms with Crippen molar-refractivity contribution < 1.29 is 57.4 Å². The summed E-state index contributed by atoms with van der Waals surface area (Å²) in [5, 5.41) is 12.2. The lowest BCUT2D eigenvalue weighted by Gasteiger charge is -2.48. The van der Waals surface area contributed by atoms with Gasteiger partial charge < -0.3 is 52.8 Å². The van der Waals surface area contributed by atoms with Crippen LogP contribution in [0.1, 0.15) is 106 Å². The van der Waals surface area contributed by atoms with E-state index in [1.165, 1.54) is 11.8 Å². The van der Waals surface area contributed by atoms with Crippen molar-refractivity contribution in [3.63, 3.8) is 0 Å². The van der Waals surface area contributed by atoms with Crippen LogP contribution in [0.25, 0.3) is 0 Å².